The summed E-state index contributed by atoms with van der Waals surface area (Å²) in [5.74, 6) is -0.815. The zero-order chi connectivity index (χ0) is 11.5. The molecule has 82 valence electrons. The SMILES string of the molecule is Fc1ccc(F)c(Nc2cc(Cl)ncn2)c1. The second kappa shape index (κ2) is 4.40. The minimum absolute atomic E-state index is 0.00485. The first-order valence-corrected chi connectivity index (χ1v) is 4.72. The highest BCUT2D eigenvalue weighted by molar-refractivity contribution is 6.29. The molecule has 0 fully saturated rings. The maximum atomic E-state index is 13.3. The first-order chi connectivity index (χ1) is 7.65. The summed E-state index contributed by atoms with van der Waals surface area (Å²) < 4.78 is 26.1. The molecular formula is C10H6ClF2N3. The Morgan fingerprint density at radius 3 is 2.69 bits per heavy atom. The van der Waals surface area contributed by atoms with E-state index in [1.807, 2.05) is 0 Å². The lowest BCUT2D eigenvalue weighted by Crippen LogP contribution is -1.97. The largest absolute Gasteiger partial charge is 0.338 e. The van der Waals surface area contributed by atoms with E-state index in [0.717, 1.165) is 18.2 Å². The molecule has 1 heterocycles. The Balaban J connectivity index is 2.30. The molecule has 1 aromatic heterocycles. The summed E-state index contributed by atoms with van der Waals surface area (Å²) in [5, 5.41) is 2.82. The van der Waals surface area contributed by atoms with Crippen molar-refractivity contribution >= 4 is 23.1 Å². The van der Waals surface area contributed by atoms with Gasteiger partial charge in [0.15, 0.2) is 0 Å². The lowest BCUT2D eigenvalue weighted by molar-refractivity contribution is 0.603. The molecule has 3 nitrogen and oxygen atoms in total. The Morgan fingerprint density at radius 1 is 1.12 bits per heavy atom. The van der Waals surface area contributed by atoms with Gasteiger partial charge in [-0.15, -0.1) is 0 Å². The van der Waals surface area contributed by atoms with Crippen LogP contribution in [-0.4, -0.2) is 9.97 Å². The molecule has 0 radical (unpaired) electrons. The number of benzene rings is 1. The van der Waals surface area contributed by atoms with Gasteiger partial charge in [-0.3, -0.25) is 0 Å². The van der Waals surface area contributed by atoms with Gasteiger partial charge in [-0.25, -0.2) is 18.7 Å². The molecule has 1 aromatic carbocycles. The van der Waals surface area contributed by atoms with Gasteiger partial charge in [0.1, 0.15) is 28.9 Å². The van der Waals surface area contributed by atoms with Crippen LogP contribution in [0.1, 0.15) is 0 Å². The van der Waals surface area contributed by atoms with E-state index in [2.05, 4.69) is 15.3 Å². The number of hydrogen-bond donors (Lipinski definition) is 1. The second-order valence-electron chi connectivity index (χ2n) is 2.98. The predicted molar refractivity (Wildman–Crippen MR) is 56.7 cm³/mol. The molecule has 2 rings (SSSR count). The zero-order valence-electron chi connectivity index (χ0n) is 7.92. The lowest BCUT2D eigenvalue weighted by atomic mass is 10.3. The van der Waals surface area contributed by atoms with E-state index in [-0.39, 0.29) is 10.8 Å². The summed E-state index contributed by atoms with van der Waals surface area (Å²) in [7, 11) is 0. The molecule has 16 heavy (non-hydrogen) atoms. The van der Waals surface area contributed by atoms with Crippen LogP contribution >= 0.6 is 11.6 Å². The van der Waals surface area contributed by atoms with Gasteiger partial charge in [-0.2, -0.15) is 0 Å². The van der Waals surface area contributed by atoms with Gasteiger partial charge < -0.3 is 5.32 Å². The van der Waals surface area contributed by atoms with E-state index in [4.69, 9.17) is 11.6 Å². The van der Waals surface area contributed by atoms with Gasteiger partial charge in [0, 0.05) is 12.1 Å². The van der Waals surface area contributed by atoms with Crippen LogP contribution in [0.3, 0.4) is 0 Å². The monoisotopic (exact) mass is 241 g/mol. The summed E-state index contributed by atoms with van der Waals surface area (Å²) in [6, 6.07) is 4.51. The summed E-state index contributed by atoms with van der Waals surface area (Å²) >= 11 is 5.62. The molecule has 0 saturated heterocycles. The normalized spacial score (nSPS) is 10.2. The third kappa shape index (κ3) is 2.43. The third-order valence-corrected chi connectivity index (χ3v) is 2.03. The lowest BCUT2D eigenvalue weighted by Gasteiger charge is -2.06. The second-order valence-corrected chi connectivity index (χ2v) is 3.36. The molecule has 0 bridgehead atoms. The van der Waals surface area contributed by atoms with Gasteiger partial charge in [0.05, 0.1) is 5.69 Å². The van der Waals surface area contributed by atoms with Gasteiger partial charge in [0.2, 0.25) is 0 Å². The number of aromatic nitrogens is 2. The summed E-state index contributed by atoms with van der Waals surface area (Å²) in [4.78, 5) is 7.48. The maximum Gasteiger partial charge on any atom is 0.146 e. The fourth-order valence-corrected chi connectivity index (χ4v) is 1.28. The maximum absolute atomic E-state index is 13.3. The number of halogens is 3. The summed E-state index contributed by atoms with van der Waals surface area (Å²) in [6.45, 7) is 0. The van der Waals surface area contributed by atoms with Crippen molar-refractivity contribution in [2.75, 3.05) is 5.32 Å². The summed E-state index contributed by atoms with van der Waals surface area (Å²) in [6.07, 6.45) is 1.22. The van der Waals surface area contributed by atoms with Crippen molar-refractivity contribution in [3.8, 4) is 0 Å². The van der Waals surface area contributed by atoms with Gasteiger partial charge >= 0.3 is 0 Å². The molecule has 2 aromatic rings. The van der Waals surface area contributed by atoms with Crippen LogP contribution in [0.25, 0.3) is 0 Å². The van der Waals surface area contributed by atoms with Gasteiger partial charge in [0.25, 0.3) is 0 Å². The minimum Gasteiger partial charge on any atom is -0.338 e. The van der Waals surface area contributed by atoms with Crippen LogP contribution in [0.4, 0.5) is 20.3 Å². The van der Waals surface area contributed by atoms with Crippen molar-refractivity contribution in [2.45, 2.75) is 0 Å². The van der Waals surface area contributed by atoms with Crippen LogP contribution in [0, 0.1) is 11.6 Å². The zero-order valence-corrected chi connectivity index (χ0v) is 8.67. The van der Waals surface area contributed by atoms with E-state index in [0.29, 0.717) is 5.82 Å². The summed E-state index contributed by atoms with van der Waals surface area (Å²) in [5.41, 5.74) is -0.00485. The first-order valence-electron chi connectivity index (χ1n) is 4.35. The standard InChI is InChI=1S/C10H6ClF2N3/c11-9-4-10(15-5-14-9)16-8-3-6(12)1-2-7(8)13/h1-5H,(H,14,15,16). The fourth-order valence-electron chi connectivity index (χ4n) is 1.13. The van der Waals surface area contributed by atoms with Gasteiger partial charge in [-0.05, 0) is 12.1 Å². The molecule has 0 aliphatic carbocycles. The van der Waals surface area contributed by atoms with Crippen LogP contribution in [0.2, 0.25) is 5.15 Å². The Morgan fingerprint density at radius 2 is 1.94 bits per heavy atom. The molecule has 0 unspecified atom stereocenters. The Labute approximate surface area is 95.1 Å². The van der Waals surface area contributed by atoms with E-state index < -0.39 is 11.6 Å². The van der Waals surface area contributed by atoms with Crippen LogP contribution < -0.4 is 5.32 Å². The highest BCUT2D eigenvalue weighted by Crippen LogP contribution is 2.20. The van der Waals surface area contributed by atoms with Gasteiger partial charge in [-0.1, -0.05) is 11.6 Å². The quantitative estimate of drug-likeness (QED) is 0.821. The van der Waals surface area contributed by atoms with E-state index >= 15 is 0 Å². The van der Waals surface area contributed by atoms with Crippen molar-refractivity contribution in [1.82, 2.24) is 9.97 Å². The van der Waals surface area contributed by atoms with Crippen LogP contribution in [-0.2, 0) is 0 Å². The predicted octanol–water partition coefficient (Wildman–Crippen LogP) is 3.15. The smallest absolute Gasteiger partial charge is 0.146 e. The molecule has 6 heteroatoms. The van der Waals surface area contributed by atoms with E-state index in [1.54, 1.807) is 0 Å². The fraction of sp³-hybridized carbons (Fsp3) is 0. The minimum atomic E-state index is -0.573. The van der Waals surface area contributed by atoms with Crippen molar-refractivity contribution < 1.29 is 8.78 Å². The van der Waals surface area contributed by atoms with Crippen molar-refractivity contribution in [1.29, 1.82) is 0 Å². The molecule has 0 spiro atoms. The Kier molecular flexibility index (Phi) is 2.96. The van der Waals surface area contributed by atoms with Crippen molar-refractivity contribution in [3.05, 3.63) is 47.4 Å². The topological polar surface area (TPSA) is 37.8 Å². The number of hydrogen-bond acceptors (Lipinski definition) is 3. The molecule has 0 aliphatic rings. The van der Waals surface area contributed by atoms with E-state index in [9.17, 15) is 8.78 Å². The molecule has 0 aliphatic heterocycles. The molecule has 0 amide bonds. The average molecular weight is 242 g/mol. The molecule has 0 saturated carbocycles. The van der Waals surface area contributed by atoms with Crippen LogP contribution in [0.15, 0.2) is 30.6 Å². The average Bonchev–Trinajstić information content (AvgIpc) is 2.24. The van der Waals surface area contributed by atoms with Crippen molar-refractivity contribution in [3.63, 3.8) is 0 Å². The molecule has 1 N–H and O–H groups in total. The molecular weight excluding hydrogens is 236 g/mol. The Bertz CT molecular complexity index is 519. The molecule has 0 atom stereocenters. The highest BCUT2D eigenvalue weighted by Gasteiger charge is 2.05. The van der Waals surface area contributed by atoms with Crippen LogP contribution in [0.5, 0.6) is 0 Å². The number of nitrogens with one attached hydrogen (secondary N) is 1. The number of nitrogens with zero attached hydrogens (tertiary/aromatic N) is 2. The third-order valence-electron chi connectivity index (χ3n) is 1.82. The van der Waals surface area contributed by atoms with Crippen molar-refractivity contribution in [2.24, 2.45) is 0 Å². The first kappa shape index (κ1) is 10.8. The van der Waals surface area contributed by atoms with E-state index in [1.165, 1.54) is 12.4 Å². The Hall–Kier alpha value is -1.75. The highest BCUT2D eigenvalue weighted by atomic mass is 35.5. The number of rotatable bonds is 2. The number of anilines is 2.